The van der Waals surface area contributed by atoms with Gasteiger partial charge in [-0.15, -0.1) is 0 Å². The zero-order valence-corrected chi connectivity index (χ0v) is 7.09. The summed E-state index contributed by atoms with van der Waals surface area (Å²) in [6.07, 6.45) is 1.95. The van der Waals surface area contributed by atoms with Crippen LogP contribution in [-0.4, -0.2) is 4.98 Å². The van der Waals surface area contributed by atoms with Crippen molar-refractivity contribution in [3.8, 4) is 0 Å². The highest BCUT2D eigenvalue weighted by Gasteiger charge is 1.99. The van der Waals surface area contributed by atoms with Crippen molar-refractivity contribution in [1.29, 1.82) is 0 Å². The van der Waals surface area contributed by atoms with Crippen LogP contribution in [0.15, 0.2) is 24.4 Å². The number of nitrogens with two attached hydrogens (primary N) is 1. The topological polar surface area (TPSA) is 41.8 Å². The van der Waals surface area contributed by atoms with Crippen LogP contribution in [-0.2, 0) is 6.54 Å². The first-order chi connectivity index (χ1) is 5.81. The summed E-state index contributed by atoms with van der Waals surface area (Å²) in [4.78, 5) is 3.17. The highest BCUT2D eigenvalue weighted by atomic mass is 14.7. The lowest BCUT2D eigenvalue weighted by molar-refractivity contribution is 1.05. The molecule has 0 atom stereocenters. The zero-order valence-electron chi connectivity index (χ0n) is 7.09. The molecule has 0 bridgehead atoms. The summed E-state index contributed by atoms with van der Waals surface area (Å²) >= 11 is 0. The number of aryl methyl sites for hydroxylation is 1. The van der Waals surface area contributed by atoms with Gasteiger partial charge in [0.2, 0.25) is 0 Å². The molecule has 0 saturated carbocycles. The molecule has 0 saturated heterocycles. The van der Waals surface area contributed by atoms with E-state index in [2.05, 4.69) is 30.1 Å². The Bertz CT molecular complexity index is 401. The lowest BCUT2D eigenvalue weighted by Gasteiger charge is -2.02. The molecular weight excluding hydrogens is 148 g/mol. The minimum atomic E-state index is 0.618. The van der Waals surface area contributed by atoms with Crippen LogP contribution in [0.4, 0.5) is 0 Å². The van der Waals surface area contributed by atoms with Gasteiger partial charge in [0.1, 0.15) is 0 Å². The lowest BCUT2D eigenvalue weighted by Crippen LogP contribution is -1.98. The van der Waals surface area contributed by atoms with Gasteiger partial charge in [-0.1, -0.05) is 0 Å². The van der Waals surface area contributed by atoms with E-state index in [0.29, 0.717) is 6.54 Å². The van der Waals surface area contributed by atoms with Crippen molar-refractivity contribution >= 4 is 10.9 Å². The summed E-state index contributed by atoms with van der Waals surface area (Å²) in [7, 11) is 0. The van der Waals surface area contributed by atoms with E-state index in [0.717, 1.165) is 0 Å². The average molecular weight is 160 g/mol. The Balaban J connectivity index is 2.73. The fraction of sp³-hybridized carbons (Fsp3) is 0.200. The quantitative estimate of drug-likeness (QED) is 0.657. The molecule has 0 fully saturated rings. The second-order valence-electron chi connectivity index (χ2n) is 3.05. The van der Waals surface area contributed by atoms with Crippen molar-refractivity contribution in [3.05, 3.63) is 35.5 Å². The first kappa shape index (κ1) is 7.37. The van der Waals surface area contributed by atoms with Gasteiger partial charge in [0.05, 0.1) is 0 Å². The van der Waals surface area contributed by atoms with Crippen molar-refractivity contribution in [2.45, 2.75) is 13.5 Å². The summed E-state index contributed by atoms with van der Waals surface area (Å²) in [5.41, 5.74) is 9.27. The summed E-state index contributed by atoms with van der Waals surface area (Å²) in [5, 5.41) is 1.24. The monoisotopic (exact) mass is 160 g/mol. The second-order valence-corrected chi connectivity index (χ2v) is 3.05. The molecule has 2 aromatic rings. The molecule has 0 amide bonds. The predicted octanol–water partition coefficient (Wildman–Crippen LogP) is 1.94. The molecule has 3 N–H and O–H groups in total. The van der Waals surface area contributed by atoms with Crippen LogP contribution in [0.5, 0.6) is 0 Å². The van der Waals surface area contributed by atoms with Gasteiger partial charge in [0.15, 0.2) is 0 Å². The number of hydrogen-bond donors (Lipinski definition) is 2. The van der Waals surface area contributed by atoms with Gasteiger partial charge in [-0.05, 0) is 41.6 Å². The summed E-state index contributed by atoms with van der Waals surface area (Å²) < 4.78 is 0. The fourth-order valence-electron chi connectivity index (χ4n) is 1.48. The molecule has 1 aromatic carbocycles. The number of aromatic nitrogens is 1. The molecule has 62 valence electrons. The van der Waals surface area contributed by atoms with Crippen LogP contribution in [0.2, 0.25) is 0 Å². The summed E-state index contributed by atoms with van der Waals surface area (Å²) in [6, 6.07) is 6.34. The van der Waals surface area contributed by atoms with Gasteiger partial charge in [-0.25, -0.2) is 0 Å². The maximum atomic E-state index is 5.60. The standard InChI is InChI=1S/C10H12N2/c1-7-4-10-8(2-3-12-10)5-9(7)6-11/h2-5,12H,6,11H2,1H3. The highest BCUT2D eigenvalue weighted by Crippen LogP contribution is 2.17. The molecule has 0 aliphatic rings. The Morgan fingerprint density at radius 3 is 3.00 bits per heavy atom. The first-order valence-electron chi connectivity index (χ1n) is 4.08. The average Bonchev–Trinajstić information content (AvgIpc) is 2.49. The van der Waals surface area contributed by atoms with E-state index in [9.17, 15) is 0 Å². The number of H-pyrrole nitrogens is 1. The Hall–Kier alpha value is -1.28. The van der Waals surface area contributed by atoms with Crippen LogP contribution >= 0.6 is 0 Å². The molecule has 0 aliphatic carbocycles. The van der Waals surface area contributed by atoms with Crippen LogP contribution in [0.1, 0.15) is 11.1 Å². The minimum Gasteiger partial charge on any atom is -0.361 e. The molecule has 0 aliphatic heterocycles. The molecule has 2 heteroatoms. The molecule has 0 unspecified atom stereocenters. The highest BCUT2D eigenvalue weighted by molar-refractivity contribution is 5.80. The Morgan fingerprint density at radius 2 is 2.25 bits per heavy atom. The summed E-state index contributed by atoms with van der Waals surface area (Å²) in [5.74, 6) is 0. The molecule has 2 rings (SSSR count). The molecule has 2 nitrogen and oxygen atoms in total. The van der Waals surface area contributed by atoms with E-state index in [1.165, 1.54) is 22.0 Å². The largest absolute Gasteiger partial charge is 0.361 e. The maximum Gasteiger partial charge on any atom is 0.0456 e. The van der Waals surface area contributed by atoms with E-state index < -0.39 is 0 Å². The van der Waals surface area contributed by atoms with Crippen molar-refractivity contribution in [1.82, 2.24) is 4.98 Å². The molecule has 12 heavy (non-hydrogen) atoms. The van der Waals surface area contributed by atoms with E-state index in [1.54, 1.807) is 0 Å². The van der Waals surface area contributed by atoms with E-state index in [4.69, 9.17) is 5.73 Å². The SMILES string of the molecule is Cc1cc2[nH]ccc2cc1CN. The third kappa shape index (κ3) is 1.01. The molecule has 0 spiro atoms. The third-order valence-corrected chi connectivity index (χ3v) is 2.23. The van der Waals surface area contributed by atoms with Crippen molar-refractivity contribution in [2.75, 3.05) is 0 Å². The predicted molar refractivity (Wildman–Crippen MR) is 50.9 cm³/mol. The van der Waals surface area contributed by atoms with Gasteiger partial charge < -0.3 is 10.7 Å². The van der Waals surface area contributed by atoms with Crippen molar-refractivity contribution in [2.24, 2.45) is 5.73 Å². The molecule has 1 aromatic heterocycles. The third-order valence-electron chi connectivity index (χ3n) is 2.23. The van der Waals surface area contributed by atoms with Crippen LogP contribution in [0.25, 0.3) is 10.9 Å². The fourth-order valence-corrected chi connectivity index (χ4v) is 1.48. The van der Waals surface area contributed by atoms with E-state index >= 15 is 0 Å². The normalized spacial score (nSPS) is 10.8. The van der Waals surface area contributed by atoms with Crippen LogP contribution < -0.4 is 5.73 Å². The van der Waals surface area contributed by atoms with Gasteiger partial charge in [0, 0.05) is 18.3 Å². The van der Waals surface area contributed by atoms with Crippen molar-refractivity contribution < 1.29 is 0 Å². The number of hydrogen-bond acceptors (Lipinski definition) is 1. The van der Waals surface area contributed by atoms with Gasteiger partial charge in [-0.3, -0.25) is 0 Å². The molecule has 1 heterocycles. The van der Waals surface area contributed by atoms with E-state index in [-0.39, 0.29) is 0 Å². The molecule has 0 radical (unpaired) electrons. The van der Waals surface area contributed by atoms with Gasteiger partial charge >= 0.3 is 0 Å². The van der Waals surface area contributed by atoms with Crippen molar-refractivity contribution in [3.63, 3.8) is 0 Å². The van der Waals surface area contributed by atoms with Crippen LogP contribution in [0.3, 0.4) is 0 Å². The Kier molecular flexibility index (Phi) is 1.62. The molecular formula is C10H12N2. The second kappa shape index (κ2) is 2.64. The summed E-state index contributed by atoms with van der Waals surface area (Å²) in [6.45, 7) is 2.70. The number of benzene rings is 1. The Morgan fingerprint density at radius 1 is 1.42 bits per heavy atom. The lowest BCUT2D eigenvalue weighted by atomic mass is 10.1. The smallest absolute Gasteiger partial charge is 0.0456 e. The van der Waals surface area contributed by atoms with Gasteiger partial charge in [-0.2, -0.15) is 0 Å². The number of aromatic amines is 1. The number of nitrogens with one attached hydrogen (secondary N) is 1. The first-order valence-corrected chi connectivity index (χ1v) is 4.08. The number of fused-ring (bicyclic) bond motifs is 1. The van der Waals surface area contributed by atoms with E-state index in [1.807, 2.05) is 6.20 Å². The minimum absolute atomic E-state index is 0.618. The zero-order chi connectivity index (χ0) is 8.55. The van der Waals surface area contributed by atoms with Gasteiger partial charge in [0.25, 0.3) is 0 Å². The Labute approximate surface area is 71.4 Å². The number of rotatable bonds is 1. The van der Waals surface area contributed by atoms with Crippen LogP contribution in [0, 0.1) is 6.92 Å². The maximum absolute atomic E-state index is 5.60.